The summed E-state index contributed by atoms with van der Waals surface area (Å²) < 4.78 is 0. The summed E-state index contributed by atoms with van der Waals surface area (Å²) >= 11 is 0. The van der Waals surface area contributed by atoms with Gasteiger partial charge in [-0.3, -0.25) is 20.2 Å². The van der Waals surface area contributed by atoms with Crippen molar-refractivity contribution in [3.8, 4) is 0 Å². The molecule has 0 unspecified atom stereocenters. The smallest absolute Gasteiger partial charge is 0.299 e. The molecule has 1 aliphatic rings. The van der Waals surface area contributed by atoms with E-state index in [1.807, 2.05) is 4.90 Å². The van der Waals surface area contributed by atoms with Gasteiger partial charge in [0.15, 0.2) is 0 Å². The van der Waals surface area contributed by atoms with Gasteiger partial charge in [-0.2, -0.15) is 0 Å². The molecular weight excluding hydrogens is 214 g/mol. The predicted molar refractivity (Wildman–Crippen MR) is 56.6 cm³/mol. The summed E-state index contributed by atoms with van der Waals surface area (Å²) in [6, 6.07) is 3.74. The van der Waals surface area contributed by atoms with Crippen LogP contribution in [0.15, 0.2) is 18.2 Å². The van der Waals surface area contributed by atoms with Crippen LogP contribution in [0.2, 0.25) is 0 Å². The van der Waals surface area contributed by atoms with Crippen molar-refractivity contribution >= 4 is 17.1 Å². The van der Waals surface area contributed by atoms with Crippen molar-refractivity contribution in [3.63, 3.8) is 0 Å². The van der Waals surface area contributed by atoms with Crippen molar-refractivity contribution in [3.05, 3.63) is 38.4 Å². The molecule has 1 saturated heterocycles. The van der Waals surface area contributed by atoms with E-state index < -0.39 is 9.85 Å². The maximum atomic E-state index is 10.8. The molecule has 0 aliphatic carbocycles. The number of hydrogen-bond acceptors (Lipinski definition) is 5. The zero-order chi connectivity index (χ0) is 11.7. The summed E-state index contributed by atoms with van der Waals surface area (Å²) in [5.74, 6) is 0. The molecule has 0 atom stereocenters. The number of nitro groups is 2. The van der Waals surface area contributed by atoms with Crippen molar-refractivity contribution in [1.29, 1.82) is 0 Å². The van der Waals surface area contributed by atoms with Gasteiger partial charge in [0.25, 0.3) is 11.4 Å². The maximum absolute atomic E-state index is 10.8. The van der Waals surface area contributed by atoms with Crippen LogP contribution in [0.3, 0.4) is 0 Å². The summed E-state index contributed by atoms with van der Waals surface area (Å²) in [6.45, 7) is 1.53. The Balaban J connectivity index is 2.44. The van der Waals surface area contributed by atoms with E-state index in [0.29, 0.717) is 5.69 Å². The van der Waals surface area contributed by atoms with Gasteiger partial charge in [-0.15, -0.1) is 0 Å². The van der Waals surface area contributed by atoms with Gasteiger partial charge in [0.05, 0.1) is 15.9 Å². The molecule has 0 bridgehead atoms. The zero-order valence-electron chi connectivity index (χ0n) is 8.33. The van der Waals surface area contributed by atoms with Crippen LogP contribution in [0.4, 0.5) is 17.1 Å². The minimum Gasteiger partial charge on any atom is -0.366 e. The number of rotatable bonds is 3. The van der Waals surface area contributed by atoms with Gasteiger partial charge in [-0.1, -0.05) is 0 Å². The highest BCUT2D eigenvalue weighted by molar-refractivity contribution is 5.67. The third-order valence-corrected chi connectivity index (χ3v) is 2.56. The number of benzene rings is 1. The van der Waals surface area contributed by atoms with Gasteiger partial charge in [0.1, 0.15) is 5.69 Å². The van der Waals surface area contributed by atoms with Gasteiger partial charge >= 0.3 is 0 Å². The van der Waals surface area contributed by atoms with Crippen LogP contribution in [-0.2, 0) is 0 Å². The molecule has 1 aromatic carbocycles. The first-order valence-corrected chi connectivity index (χ1v) is 4.77. The molecule has 1 aromatic rings. The summed E-state index contributed by atoms with van der Waals surface area (Å²) in [5.41, 5.74) is 0.00623. The largest absolute Gasteiger partial charge is 0.366 e. The van der Waals surface area contributed by atoms with Crippen molar-refractivity contribution in [2.45, 2.75) is 6.42 Å². The summed E-state index contributed by atoms with van der Waals surface area (Å²) in [4.78, 5) is 21.9. The summed E-state index contributed by atoms with van der Waals surface area (Å²) in [6.07, 6.45) is 0.994. The molecule has 7 heteroatoms. The Morgan fingerprint density at radius 1 is 1.12 bits per heavy atom. The third-order valence-electron chi connectivity index (χ3n) is 2.56. The van der Waals surface area contributed by atoms with E-state index in [1.165, 1.54) is 12.1 Å². The number of nitro benzene ring substituents is 2. The van der Waals surface area contributed by atoms with Gasteiger partial charge in [0.2, 0.25) is 0 Å². The molecule has 1 heterocycles. The van der Waals surface area contributed by atoms with Crippen LogP contribution in [0.1, 0.15) is 6.42 Å². The van der Waals surface area contributed by atoms with E-state index in [1.54, 1.807) is 0 Å². The van der Waals surface area contributed by atoms with Crippen molar-refractivity contribution < 1.29 is 9.85 Å². The Bertz CT molecular complexity index is 456. The number of nitrogens with zero attached hydrogens (tertiary/aromatic N) is 3. The van der Waals surface area contributed by atoms with E-state index in [0.717, 1.165) is 25.6 Å². The topological polar surface area (TPSA) is 89.5 Å². The number of hydrogen-bond donors (Lipinski definition) is 0. The van der Waals surface area contributed by atoms with Crippen LogP contribution in [0.5, 0.6) is 0 Å². The fourth-order valence-corrected chi connectivity index (χ4v) is 1.60. The minimum absolute atomic E-state index is 0.200. The standard InChI is InChI=1S/C9H9N3O4/c13-11(14)7-2-3-8(10-4-1-5-10)9(6-7)12(15)16/h2-3,6H,1,4-5H2. The van der Waals surface area contributed by atoms with Gasteiger partial charge in [-0.05, 0) is 12.5 Å². The van der Waals surface area contributed by atoms with Crippen LogP contribution >= 0.6 is 0 Å². The Kier molecular flexibility index (Phi) is 2.43. The second-order valence-electron chi connectivity index (χ2n) is 3.53. The molecule has 0 radical (unpaired) electrons. The second-order valence-corrected chi connectivity index (χ2v) is 3.53. The van der Waals surface area contributed by atoms with Crippen LogP contribution in [-0.4, -0.2) is 22.9 Å². The molecular formula is C9H9N3O4. The van der Waals surface area contributed by atoms with E-state index >= 15 is 0 Å². The lowest BCUT2D eigenvalue weighted by Crippen LogP contribution is -2.37. The maximum Gasteiger partial charge on any atom is 0.299 e. The highest BCUT2D eigenvalue weighted by Gasteiger charge is 2.26. The van der Waals surface area contributed by atoms with Gasteiger partial charge in [-0.25, -0.2) is 0 Å². The molecule has 7 nitrogen and oxygen atoms in total. The van der Waals surface area contributed by atoms with Gasteiger partial charge in [0, 0.05) is 19.2 Å². The minimum atomic E-state index is -0.632. The van der Waals surface area contributed by atoms with Crippen LogP contribution in [0.25, 0.3) is 0 Å². The lowest BCUT2D eigenvalue weighted by atomic mass is 10.1. The Hall–Kier alpha value is -2.18. The lowest BCUT2D eigenvalue weighted by molar-refractivity contribution is -0.393. The number of non-ortho nitro benzene ring substituents is 1. The normalized spacial score (nSPS) is 14.4. The Morgan fingerprint density at radius 2 is 1.81 bits per heavy atom. The average molecular weight is 223 g/mol. The third kappa shape index (κ3) is 1.67. The second kappa shape index (κ2) is 3.76. The SMILES string of the molecule is O=[N+]([O-])c1ccc(N2CCC2)c([N+](=O)[O-])c1. The molecule has 84 valence electrons. The molecule has 2 rings (SSSR count). The monoisotopic (exact) mass is 223 g/mol. The molecule has 0 saturated carbocycles. The van der Waals surface area contributed by atoms with Crippen LogP contribution in [0, 0.1) is 20.2 Å². The predicted octanol–water partition coefficient (Wildman–Crippen LogP) is 1.71. The molecule has 1 aliphatic heterocycles. The van der Waals surface area contributed by atoms with E-state index in [9.17, 15) is 20.2 Å². The van der Waals surface area contributed by atoms with Crippen molar-refractivity contribution in [2.24, 2.45) is 0 Å². The van der Waals surface area contributed by atoms with Gasteiger partial charge < -0.3 is 4.90 Å². The fraction of sp³-hybridized carbons (Fsp3) is 0.333. The molecule has 16 heavy (non-hydrogen) atoms. The summed E-state index contributed by atoms with van der Waals surface area (Å²) in [5, 5.41) is 21.3. The highest BCUT2D eigenvalue weighted by atomic mass is 16.6. The zero-order valence-corrected chi connectivity index (χ0v) is 8.33. The molecule has 0 amide bonds. The summed E-state index contributed by atoms with van der Waals surface area (Å²) in [7, 11) is 0. The Labute approximate surface area is 90.6 Å². The first-order chi connectivity index (χ1) is 7.59. The lowest BCUT2D eigenvalue weighted by Gasteiger charge is -2.32. The quantitative estimate of drug-likeness (QED) is 0.574. The van der Waals surface area contributed by atoms with Crippen molar-refractivity contribution in [2.75, 3.05) is 18.0 Å². The average Bonchev–Trinajstić information content (AvgIpc) is 2.14. The molecule has 0 spiro atoms. The number of anilines is 1. The first-order valence-electron chi connectivity index (χ1n) is 4.77. The fourth-order valence-electron chi connectivity index (χ4n) is 1.60. The molecule has 0 aromatic heterocycles. The molecule has 1 fully saturated rings. The molecule has 0 N–H and O–H groups in total. The van der Waals surface area contributed by atoms with E-state index in [4.69, 9.17) is 0 Å². The van der Waals surface area contributed by atoms with Crippen LogP contribution < -0.4 is 4.90 Å². The Morgan fingerprint density at radius 3 is 2.25 bits per heavy atom. The van der Waals surface area contributed by atoms with E-state index in [2.05, 4.69) is 0 Å². The first kappa shape index (κ1) is 10.3. The van der Waals surface area contributed by atoms with E-state index in [-0.39, 0.29) is 11.4 Å². The van der Waals surface area contributed by atoms with Crippen molar-refractivity contribution in [1.82, 2.24) is 0 Å². The highest BCUT2D eigenvalue weighted by Crippen LogP contribution is 2.34.